The second-order valence-electron chi connectivity index (χ2n) is 7.48. The van der Waals surface area contributed by atoms with Gasteiger partial charge in [-0.25, -0.2) is 0 Å². The van der Waals surface area contributed by atoms with Crippen LogP contribution in [0.25, 0.3) is 23.4 Å². The van der Waals surface area contributed by atoms with Gasteiger partial charge in [-0.15, -0.1) is 0 Å². The van der Waals surface area contributed by atoms with E-state index in [1.807, 2.05) is 0 Å². The molecule has 0 spiro atoms. The minimum atomic E-state index is -1.89. The largest absolute Gasteiger partial charge is 0.591 e. The first kappa shape index (κ1) is 17.9. The normalized spacial score (nSPS) is 18.8. The van der Waals surface area contributed by atoms with Gasteiger partial charge in [0.15, 0.2) is 0 Å². The molecule has 1 fully saturated rings. The van der Waals surface area contributed by atoms with Gasteiger partial charge in [-0.1, -0.05) is 30.7 Å². The van der Waals surface area contributed by atoms with Crippen LogP contribution in [-0.2, 0) is 26.2 Å². The van der Waals surface area contributed by atoms with Crippen molar-refractivity contribution in [3.05, 3.63) is 45.8 Å². The van der Waals surface area contributed by atoms with Crippen molar-refractivity contribution in [3.8, 4) is 0 Å². The Bertz CT molecular complexity index is 860. The van der Waals surface area contributed by atoms with Gasteiger partial charge < -0.3 is 8.61 Å². The van der Waals surface area contributed by atoms with E-state index in [4.69, 9.17) is 0 Å². The van der Waals surface area contributed by atoms with Crippen molar-refractivity contribution in [1.29, 1.82) is 0 Å². The van der Waals surface area contributed by atoms with Crippen LogP contribution in [0.5, 0.6) is 0 Å². The van der Waals surface area contributed by atoms with Crippen molar-refractivity contribution in [2.45, 2.75) is 38.1 Å². The molecule has 0 saturated heterocycles. The maximum absolute atomic E-state index is 13.5. The summed E-state index contributed by atoms with van der Waals surface area (Å²) in [7, 11) is 2.47. The molecule has 1 aromatic rings. The fourth-order valence-electron chi connectivity index (χ4n) is 4.22. The second-order valence-corrected chi connectivity index (χ2v) is 9.78. The van der Waals surface area contributed by atoms with Crippen molar-refractivity contribution >= 4 is 32.3 Å². The van der Waals surface area contributed by atoms with E-state index in [-0.39, 0.29) is 21.7 Å². The Hall–Kier alpha value is -0.869. The second kappa shape index (κ2) is 6.80. The number of allylic oxidation sites excluding steroid dienone is 2. The van der Waals surface area contributed by atoms with Gasteiger partial charge in [0.2, 0.25) is 0 Å². The average molecular weight is 370 g/mol. The van der Waals surface area contributed by atoms with Crippen LogP contribution in [0.4, 0.5) is 0 Å². The number of fused-ring (bicyclic) bond motifs is 2. The van der Waals surface area contributed by atoms with Gasteiger partial charge in [0.1, 0.15) is 0 Å². The molecule has 0 aromatic heterocycles. The number of benzene rings is 1. The Morgan fingerprint density at radius 2 is 1.75 bits per heavy atom. The number of quaternary nitrogens is 1. The molecule has 0 N–H and O–H groups in total. The topological polar surface area (TPSA) is 17.1 Å². The summed E-state index contributed by atoms with van der Waals surface area (Å²) in [4.78, 5) is 0. The van der Waals surface area contributed by atoms with Crippen LogP contribution in [0.1, 0.15) is 43.2 Å². The quantitative estimate of drug-likeness (QED) is 0.748. The van der Waals surface area contributed by atoms with Crippen molar-refractivity contribution < 1.29 is 30.3 Å². The molecule has 24 heavy (non-hydrogen) atoms. The molecular formula is C20H24NOSiTi+. The van der Waals surface area contributed by atoms with E-state index < -0.39 is 8.84 Å². The van der Waals surface area contributed by atoms with Crippen molar-refractivity contribution in [3.63, 3.8) is 0 Å². The minimum absolute atomic E-state index is 0. The van der Waals surface area contributed by atoms with Crippen LogP contribution in [0, 0.1) is 0 Å². The molecule has 0 radical (unpaired) electrons. The number of hydrogen-bond acceptors (Lipinski definition) is 1. The van der Waals surface area contributed by atoms with Gasteiger partial charge >= 0.3 is 8.84 Å². The van der Waals surface area contributed by atoms with Crippen molar-refractivity contribution in [2.24, 2.45) is 0 Å². The molecule has 4 heteroatoms. The van der Waals surface area contributed by atoms with E-state index in [1.165, 1.54) is 53.7 Å². The Kier molecular flexibility index (Phi) is 5.08. The monoisotopic (exact) mass is 370 g/mol. The fourth-order valence-corrected chi connectivity index (χ4v) is 6.10. The van der Waals surface area contributed by atoms with Crippen LogP contribution >= 0.6 is 0 Å². The maximum Gasteiger partial charge on any atom is 0.591 e. The number of nitrogens with zero attached hydrogens (tertiary/aromatic N) is 1. The van der Waals surface area contributed by atoms with Gasteiger partial charge in [-0.3, -0.25) is 0 Å². The third-order valence-corrected chi connectivity index (χ3v) is 8.08. The molecule has 0 atom stereocenters. The van der Waals surface area contributed by atoms with Crippen molar-refractivity contribution in [1.82, 2.24) is 0 Å². The summed E-state index contributed by atoms with van der Waals surface area (Å²) in [6, 6.07) is 5.00. The predicted molar refractivity (Wildman–Crippen MR) is 97.1 cm³/mol. The molecule has 3 aliphatic rings. The van der Waals surface area contributed by atoms with Gasteiger partial charge in [-0.05, 0) is 65.5 Å². The molecule has 3 aliphatic carbocycles. The first-order chi connectivity index (χ1) is 11.1. The van der Waals surface area contributed by atoms with E-state index in [0.29, 0.717) is 10.2 Å². The van der Waals surface area contributed by atoms with Gasteiger partial charge in [0, 0.05) is 21.7 Å². The molecular weight excluding hydrogens is 346 g/mol. The SMILES string of the molecule is C[N+](C)(C1CCCCC1)[Si](=O)C1=c2cc3c(cc2C=C1)=CC=C3.[Ti]. The standard InChI is InChI=1S/C20H24NOSi.Ti/c1-21(2,18-9-4-3-5-10-18)23(22)20-12-11-17-13-15-7-6-8-16(15)14-19(17)20;/h6-8,11-14,18H,3-5,9-10H2,1-2H3;/q+1;. The Balaban J connectivity index is 0.00000169. The van der Waals surface area contributed by atoms with Crippen LogP contribution < -0.4 is 10.4 Å². The van der Waals surface area contributed by atoms with E-state index in [1.54, 1.807) is 0 Å². The Morgan fingerprint density at radius 3 is 2.50 bits per heavy atom. The summed E-state index contributed by atoms with van der Waals surface area (Å²) in [5.41, 5.74) is 2.48. The number of rotatable bonds is 3. The minimum Gasteiger partial charge on any atom is -0.326 e. The van der Waals surface area contributed by atoms with Crippen LogP contribution in [0.3, 0.4) is 0 Å². The zero-order valence-corrected chi connectivity index (χ0v) is 17.1. The van der Waals surface area contributed by atoms with Gasteiger partial charge in [-0.2, -0.15) is 0 Å². The summed E-state index contributed by atoms with van der Waals surface area (Å²) in [6.07, 6.45) is 17.0. The molecule has 0 bridgehead atoms. The maximum atomic E-state index is 13.5. The molecule has 0 heterocycles. The van der Waals surface area contributed by atoms with E-state index in [2.05, 4.69) is 56.6 Å². The molecule has 0 amide bonds. The molecule has 4 rings (SSSR count). The van der Waals surface area contributed by atoms with Gasteiger partial charge in [0.25, 0.3) is 0 Å². The Labute approximate surface area is 160 Å². The summed E-state index contributed by atoms with van der Waals surface area (Å²) in [6.45, 7) is 0. The summed E-state index contributed by atoms with van der Waals surface area (Å²) < 4.78 is 14.1. The zero-order valence-electron chi connectivity index (χ0n) is 14.5. The van der Waals surface area contributed by atoms with Crippen LogP contribution in [-0.4, -0.2) is 33.1 Å². The summed E-state index contributed by atoms with van der Waals surface area (Å²) in [5, 5.41) is 3.54. The molecule has 122 valence electrons. The van der Waals surface area contributed by atoms with E-state index in [9.17, 15) is 4.46 Å². The average Bonchev–Trinajstić information content (AvgIpc) is 3.18. The molecule has 1 saturated carbocycles. The predicted octanol–water partition coefficient (Wildman–Crippen LogP) is 2.54. The third kappa shape index (κ3) is 2.92. The third-order valence-electron chi connectivity index (χ3n) is 5.77. The Morgan fingerprint density at radius 1 is 1.00 bits per heavy atom. The fraction of sp³-hybridized carbons (Fsp3) is 0.400. The zero-order chi connectivity index (χ0) is 16.0. The molecule has 2 nitrogen and oxygen atoms in total. The van der Waals surface area contributed by atoms with E-state index >= 15 is 0 Å². The molecule has 0 aliphatic heterocycles. The summed E-state index contributed by atoms with van der Waals surface area (Å²) >= 11 is 0. The molecule has 1 aromatic carbocycles. The first-order valence-corrected chi connectivity index (χ1v) is 10.1. The first-order valence-electron chi connectivity index (χ1n) is 8.71. The van der Waals surface area contributed by atoms with Crippen molar-refractivity contribution in [2.75, 3.05) is 14.1 Å². The van der Waals surface area contributed by atoms with Gasteiger partial charge in [0.05, 0.1) is 25.3 Å². The smallest absolute Gasteiger partial charge is 0.326 e. The number of hydrogen-bond donors (Lipinski definition) is 0. The molecule has 0 unspecified atom stereocenters. The van der Waals surface area contributed by atoms with Crippen LogP contribution in [0.2, 0.25) is 0 Å². The summed E-state index contributed by atoms with van der Waals surface area (Å²) in [5.74, 6) is 0. The van der Waals surface area contributed by atoms with E-state index in [0.717, 1.165) is 5.20 Å². The van der Waals surface area contributed by atoms with Crippen LogP contribution in [0.15, 0.2) is 24.3 Å².